The van der Waals surface area contributed by atoms with Crippen LogP contribution in [0.3, 0.4) is 0 Å². The molecule has 104 valence electrons. The first-order valence-corrected chi connectivity index (χ1v) is 6.73. The summed E-state index contributed by atoms with van der Waals surface area (Å²) in [5, 5.41) is 2.98. The van der Waals surface area contributed by atoms with Gasteiger partial charge in [0.1, 0.15) is 5.82 Å². The number of nitrogens with one attached hydrogen (secondary N) is 1. The Labute approximate surface area is 118 Å². The lowest BCUT2D eigenvalue weighted by atomic mass is 10.0. The van der Waals surface area contributed by atoms with E-state index in [0.29, 0.717) is 11.1 Å². The van der Waals surface area contributed by atoms with E-state index in [0.717, 1.165) is 12.0 Å². The summed E-state index contributed by atoms with van der Waals surface area (Å²) in [7, 11) is 0. The first-order valence-electron chi connectivity index (χ1n) is 6.73. The highest BCUT2D eigenvalue weighted by Gasteiger charge is 2.14. The molecule has 0 aliphatic carbocycles. The fourth-order valence-electron chi connectivity index (χ4n) is 2.13. The maximum Gasteiger partial charge on any atom is 0.251 e. The Kier molecular flexibility index (Phi) is 4.51. The van der Waals surface area contributed by atoms with Crippen LogP contribution in [0.5, 0.6) is 0 Å². The van der Waals surface area contributed by atoms with Gasteiger partial charge < -0.3 is 5.32 Å². The minimum absolute atomic E-state index is 0.0333. The summed E-state index contributed by atoms with van der Waals surface area (Å²) in [5.74, 6) is -0.472. The third kappa shape index (κ3) is 3.23. The summed E-state index contributed by atoms with van der Waals surface area (Å²) in [6, 6.07) is 14.2. The average molecular weight is 271 g/mol. The first-order chi connectivity index (χ1) is 9.61. The van der Waals surface area contributed by atoms with Crippen LogP contribution in [0.4, 0.5) is 4.39 Å². The van der Waals surface area contributed by atoms with Crippen LogP contribution in [0.25, 0.3) is 0 Å². The van der Waals surface area contributed by atoms with Gasteiger partial charge in [0.25, 0.3) is 5.91 Å². The molecule has 0 aliphatic heterocycles. The van der Waals surface area contributed by atoms with Crippen LogP contribution in [0.15, 0.2) is 48.5 Å². The highest BCUT2D eigenvalue weighted by Crippen LogP contribution is 2.17. The number of hydrogen-bond acceptors (Lipinski definition) is 1. The lowest BCUT2D eigenvalue weighted by Gasteiger charge is -2.17. The minimum atomic E-state index is -0.295. The fourth-order valence-corrected chi connectivity index (χ4v) is 2.13. The maximum absolute atomic E-state index is 13.2. The second-order valence-electron chi connectivity index (χ2n) is 4.81. The number of aryl methyl sites for hydroxylation is 1. The van der Waals surface area contributed by atoms with Crippen LogP contribution in [-0.4, -0.2) is 5.91 Å². The van der Waals surface area contributed by atoms with E-state index in [1.807, 2.05) is 37.3 Å². The maximum atomic E-state index is 13.2. The molecule has 1 atom stereocenters. The van der Waals surface area contributed by atoms with Gasteiger partial charge in [0.15, 0.2) is 0 Å². The zero-order chi connectivity index (χ0) is 14.5. The van der Waals surface area contributed by atoms with E-state index in [1.165, 1.54) is 12.1 Å². The molecule has 1 amide bonds. The molecule has 0 aromatic heterocycles. The van der Waals surface area contributed by atoms with Gasteiger partial charge in [0, 0.05) is 5.56 Å². The monoisotopic (exact) mass is 271 g/mol. The van der Waals surface area contributed by atoms with Gasteiger partial charge in [-0.1, -0.05) is 37.3 Å². The minimum Gasteiger partial charge on any atom is -0.345 e. The van der Waals surface area contributed by atoms with Gasteiger partial charge in [0.2, 0.25) is 0 Å². The van der Waals surface area contributed by atoms with Crippen molar-refractivity contribution >= 4 is 5.91 Å². The van der Waals surface area contributed by atoms with Gasteiger partial charge in [-0.25, -0.2) is 4.39 Å². The van der Waals surface area contributed by atoms with Crippen LogP contribution in [-0.2, 0) is 0 Å². The molecule has 20 heavy (non-hydrogen) atoms. The van der Waals surface area contributed by atoms with Crippen molar-refractivity contribution in [3.8, 4) is 0 Å². The standard InChI is InChI=1S/C17H18FNO/c1-3-16(13-7-5-4-6-8-13)19-17(20)14-9-10-15(18)12(2)11-14/h4-11,16H,3H2,1-2H3,(H,19,20). The smallest absolute Gasteiger partial charge is 0.251 e. The Bertz CT molecular complexity index is 595. The van der Waals surface area contributed by atoms with Crippen molar-refractivity contribution in [1.29, 1.82) is 0 Å². The molecular formula is C17H18FNO. The third-order valence-corrected chi connectivity index (χ3v) is 3.34. The SMILES string of the molecule is CCC(NC(=O)c1ccc(F)c(C)c1)c1ccccc1. The number of benzene rings is 2. The van der Waals surface area contributed by atoms with Crippen molar-refractivity contribution < 1.29 is 9.18 Å². The molecule has 3 heteroatoms. The van der Waals surface area contributed by atoms with Gasteiger partial charge >= 0.3 is 0 Å². The molecule has 0 spiro atoms. The van der Waals surface area contributed by atoms with E-state index in [4.69, 9.17) is 0 Å². The molecule has 2 rings (SSSR count). The van der Waals surface area contributed by atoms with Gasteiger partial charge in [-0.2, -0.15) is 0 Å². The number of carbonyl (C=O) groups is 1. The van der Waals surface area contributed by atoms with E-state index < -0.39 is 0 Å². The lowest BCUT2D eigenvalue weighted by molar-refractivity contribution is 0.0935. The van der Waals surface area contributed by atoms with Crippen LogP contribution < -0.4 is 5.32 Å². The molecule has 1 N–H and O–H groups in total. The van der Waals surface area contributed by atoms with Crippen molar-refractivity contribution in [3.63, 3.8) is 0 Å². The normalized spacial score (nSPS) is 11.9. The van der Waals surface area contributed by atoms with Crippen molar-refractivity contribution in [1.82, 2.24) is 5.32 Å². The first kappa shape index (κ1) is 14.3. The molecule has 0 heterocycles. The second kappa shape index (κ2) is 6.33. The molecule has 2 nitrogen and oxygen atoms in total. The summed E-state index contributed by atoms with van der Waals surface area (Å²) in [5.41, 5.74) is 2.03. The molecule has 0 radical (unpaired) electrons. The van der Waals surface area contributed by atoms with Crippen LogP contribution in [0.2, 0.25) is 0 Å². The molecule has 0 saturated carbocycles. The van der Waals surface area contributed by atoms with E-state index in [9.17, 15) is 9.18 Å². The summed E-state index contributed by atoms with van der Waals surface area (Å²) in [6.07, 6.45) is 0.802. The number of amides is 1. The predicted molar refractivity (Wildman–Crippen MR) is 78.1 cm³/mol. The zero-order valence-corrected chi connectivity index (χ0v) is 11.7. The summed E-state index contributed by atoms with van der Waals surface area (Å²) in [6.45, 7) is 3.68. The quantitative estimate of drug-likeness (QED) is 0.894. The third-order valence-electron chi connectivity index (χ3n) is 3.34. The fraction of sp³-hybridized carbons (Fsp3) is 0.235. The van der Waals surface area contributed by atoms with Crippen molar-refractivity contribution in [2.24, 2.45) is 0 Å². The van der Waals surface area contributed by atoms with Crippen molar-refractivity contribution in [3.05, 3.63) is 71.0 Å². The Morgan fingerprint density at radius 1 is 1.20 bits per heavy atom. The van der Waals surface area contributed by atoms with E-state index in [-0.39, 0.29) is 17.8 Å². The van der Waals surface area contributed by atoms with Crippen molar-refractivity contribution in [2.45, 2.75) is 26.3 Å². The van der Waals surface area contributed by atoms with Crippen LogP contribution >= 0.6 is 0 Å². The Hall–Kier alpha value is -2.16. The molecule has 1 unspecified atom stereocenters. The predicted octanol–water partition coefficient (Wildman–Crippen LogP) is 4.02. The summed E-state index contributed by atoms with van der Waals surface area (Å²) < 4.78 is 13.2. The number of halogens is 1. The highest BCUT2D eigenvalue weighted by molar-refractivity contribution is 5.94. The Morgan fingerprint density at radius 2 is 1.90 bits per heavy atom. The molecule has 0 fully saturated rings. The molecule has 0 aliphatic rings. The molecule has 0 saturated heterocycles. The number of rotatable bonds is 4. The number of hydrogen-bond donors (Lipinski definition) is 1. The van der Waals surface area contributed by atoms with E-state index in [2.05, 4.69) is 5.32 Å². The molecule has 2 aromatic rings. The van der Waals surface area contributed by atoms with Crippen LogP contribution in [0.1, 0.15) is 40.9 Å². The average Bonchev–Trinajstić information content (AvgIpc) is 2.48. The summed E-state index contributed by atoms with van der Waals surface area (Å²) in [4.78, 5) is 12.2. The van der Waals surface area contributed by atoms with Gasteiger partial charge in [-0.3, -0.25) is 4.79 Å². The van der Waals surface area contributed by atoms with E-state index in [1.54, 1.807) is 13.0 Å². The van der Waals surface area contributed by atoms with Gasteiger partial charge in [-0.15, -0.1) is 0 Å². The molecular weight excluding hydrogens is 253 g/mol. The molecule has 2 aromatic carbocycles. The topological polar surface area (TPSA) is 29.1 Å². The summed E-state index contributed by atoms with van der Waals surface area (Å²) >= 11 is 0. The zero-order valence-electron chi connectivity index (χ0n) is 11.7. The van der Waals surface area contributed by atoms with E-state index >= 15 is 0 Å². The highest BCUT2D eigenvalue weighted by atomic mass is 19.1. The van der Waals surface area contributed by atoms with Gasteiger partial charge in [-0.05, 0) is 42.7 Å². The molecule has 0 bridgehead atoms. The Morgan fingerprint density at radius 3 is 2.50 bits per heavy atom. The number of carbonyl (C=O) groups excluding carboxylic acids is 1. The van der Waals surface area contributed by atoms with Crippen LogP contribution in [0, 0.1) is 12.7 Å². The largest absolute Gasteiger partial charge is 0.345 e. The van der Waals surface area contributed by atoms with Gasteiger partial charge in [0.05, 0.1) is 6.04 Å². The van der Waals surface area contributed by atoms with Crippen molar-refractivity contribution in [2.75, 3.05) is 0 Å². The lowest BCUT2D eigenvalue weighted by Crippen LogP contribution is -2.28. The second-order valence-corrected chi connectivity index (χ2v) is 4.81. The Balaban J connectivity index is 2.15.